The van der Waals surface area contributed by atoms with E-state index in [-0.39, 0.29) is 5.92 Å². The van der Waals surface area contributed by atoms with Crippen LogP contribution in [0, 0.1) is 5.92 Å². The van der Waals surface area contributed by atoms with Crippen LogP contribution in [0.5, 0.6) is 0 Å². The largest absolute Gasteiger partial charge is 0.384 e. The molecule has 0 spiro atoms. The molecule has 2 nitrogen and oxygen atoms in total. The second kappa shape index (κ2) is 6.18. The monoisotopic (exact) mass is 235 g/mol. The van der Waals surface area contributed by atoms with Gasteiger partial charge in [0.05, 0.1) is 0 Å². The van der Waals surface area contributed by atoms with Gasteiger partial charge in [-0.25, -0.2) is 0 Å². The van der Waals surface area contributed by atoms with E-state index < -0.39 is 5.60 Å². The second-order valence-electron chi connectivity index (χ2n) is 4.91. The molecule has 2 heteroatoms. The molecule has 96 valence electrons. The number of benzene rings is 1. The maximum absolute atomic E-state index is 10.8. The van der Waals surface area contributed by atoms with Crippen LogP contribution in [0.4, 0.5) is 0 Å². The summed E-state index contributed by atoms with van der Waals surface area (Å²) in [6.07, 6.45) is 1.04. The number of nitrogens with one attached hydrogen (secondary N) is 1. The zero-order valence-electron chi connectivity index (χ0n) is 11.5. The third-order valence-electron chi connectivity index (χ3n) is 3.46. The lowest BCUT2D eigenvalue weighted by Crippen LogP contribution is -2.42. The zero-order valence-corrected chi connectivity index (χ0v) is 11.5. The summed E-state index contributed by atoms with van der Waals surface area (Å²) >= 11 is 0. The van der Waals surface area contributed by atoms with Crippen LogP contribution in [0.1, 0.15) is 38.8 Å². The molecule has 1 rings (SSSR count). The topological polar surface area (TPSA) is 32.3 Å². The summed E-state index contributed by atoms with van der Waals surface area (Å²) in [5.74, 6) is 0.189. The third kappa shape index (κ3) is 3.30. The Labute approximate surface area is 105 Å². The Morgan fingerprint density at radius 2 is 1.76 bits per heavy atom. The predicted molar refractivity (Wildman–Crippen MR) is 73.1 cm³/mol. The van der Waals surface area contributed by atoms with Crippen LogP contribution in [0.3, 0.4) is 0 Å². The SMILES string of the molecule is CCNCC(O)(c1ccc(CC)cc1)C(C)C. The van der Waals surface area contributed by atoms with Crippen LogP contribution in [0.25, 0.3) is 0 Å². The molecule has 0 heterocycles. The molecule has 1 aromatic carbocycles. The summed E-state index contributed by atoms with van der Waals surface area (Å²) in [6.45, 7) is 9.80. The van der Waals surface area contributed by atoms with Gasteiger partial charge in [0.25, 0.3) is 0 Å². The van der Waals surface area contributed by atoms with E-state index in [0.717, 1.165) is 18.5 Å². The molecule has 0 fully saturated rings. The molecule has 0 amide bonds. The van der Waals surface area contributed by atoms with Crippen molar-refractivity contribution in [1.29, 1.82) is 0 Å². The molecule has 0 aliphatic heterocycles. The van der Waals surface area contributed by atoms with Gasteiger partial charge in [-0.2, -0.15) is 0 Å². The standard InChI is InChI=1S/C15H25NO/c1-5-13-7-9-14(10-8-13)15(17,12(3)4)11-16-6-2/h7-10,12,16-17H,5-6,11H2,1-4H3. The lowest BCUT2D eigenvalue weighted by Gasteiger charge is -2.33. The van der Waals surface area contributed by atoms with Crippen molar-refractivity contribution in [3.8, 4) is 0 Å². The van der Waals surface area contributed by atoms with Crippen molar-refractivity contribution in [2.45, 2.75) is 39.7 Å². The average molecular weight is 235 g/mol. The molecule has 0 aliphatic rings. The summed E-state index contributed by atoms with van der Waals surface area (Å²) in [5, 5.41) is 14.0. The highest BCUT2D eigenvalue weighted by molar-refractivity contribution is 5.28. The number of hydrogen-bond donors (Lipinski definition) is 2. The molecule has 0 aliphatic carbocycles. The highest BCUT2D eigenvalue weighted by atomic mass is 16.3. The van der Waals surface area contributed by atoms with Crippen molar-refractivity contribution in [2.24, 2.45) is 5.92 Å². The predicted octanol–water partition coefficient (Wildman–Crippen LogP) is 2.70. The van der Waals surface area contributed by atoms with Gasteiger partial charge < -0.3 is 10.4 Å². The molecule has 0 aromatic heterocycles. The fraction of sp³-hybridized carbons (Fsp3) is 0.600. The van der Waals surface area contributed by atoms with Gasteiger partial charge in [0.15, 0.2) is 0 Å². The van der Waals surface area contributed by atoms with Gasteiger partial charge in [0.1, 0.15) is 5.60 Å². The van der Waals surface area contributed by atoms with Crippen molar-refractivity contribution in [3.05, 3.63) is 35.4 Å². The van der Waals surface area contributed by atoms with Crippen molar-refractivity contribution >= 4 is 0 Å². The fourth-order valence-electron chi connectivity index (χ4n) is 1.98. The van der Waals surface area contributed by atoms with Crippen LogP contribution < -0.4 is 5.32 Å². The van der Waals surface area contributed by atoms with Crippen LogP contribution in [-0.2, 0) is 12.0 Å². The second-order valence-corrected chi connectivity index (χ2v) is 4.91. The third-order valence-corrected chi connectivity index (χ3v) is 3.46. The van der Waals surface area contributed by atoms with Crippen LogP contribution in [-0.4, -0.2) is 18.2 Å². The van der Waals surface area contributed by atoms with Crippen molar-refractivity contribution in [1.82, 2.24) is 5.32 Å². The molecular formula is C15H25NO. The van der Waals surface area contributed by atoms with Crippen LogP contribution in [0.2, 0.25) is 0 Å². The molecule has 0 saturated heterocycles. The molecule has 1 aromatic rings. The highest BCUT2D eigenvalue weighted by Crippen LogP contribution is 2.29. The molecule has 0 bridgehead atoms. The van der Waals surface area contributed by atoms with Crippen molar-refractivity contribution in [3.63, 3.8) is 0 Å². The van der Waals surface area contributed by atoms with Crippen molar-refractivity contribution in [2.75, 3.05) is 13.1 Å². The van der Waals surface area contributed by atoms with E-state index >= 15 is 0 Å². The first-order valence-electron chi connectivity index (χ1n) is 6.57. The minimum absolute atomic E-state index is 0.189. The van der Waals surface area contributed by atoms with Gasteiger partial charge in [0.2, 0.25) is 0 Å². The number of aliphatic hydroxyl groups is 1. The van der Waals surface area contributed by atoms with Crippen LogP contribution in [0.15, 0.2) is 24.3 Å². The molecule has 0 radical (unpaired) electrons. The Bertz CT molecular complexity index is 331. The first-order chi connectivity index (χ1) is 8.04. The summed E-state index contributed by atoms with van der Waals surface area (Å²) < 4.78 is 0. The van der Waals surface area contributed by atoms with E-state index in [0.29, 0.717) is 6.54 Å². The molecule has 2 N–H and O–H groups in total. The molecule has 17 heavy (non-hydrogen) atoms. The van der Waals surface area contributed by atoms with E-state index in [1.165, 1.54) is 5.56 Å². The first kappa shape index (κ1) is 14.2. The molecule has 1 atom stereocenters. The Morgan fingerprint density at radius 1 is 1.18 bits per heavy atom. The maximum Gasteiger partial charge on any atom is 0.104 e. The maximum atomic E-state index is 10.8. The van der Waals surface area contributed by atoms with E-state index in [1.807, 2.05) is 0 Å². The van der Waals surface area contributed by atoms with Crippen LogP contribution >= 0.6 is 0 Å². The fourth-order valence-corrected chi connectivity index (χ4v) is 1.98. The smallest absolute Gasteiger partial charge is 0.104 e. The normalized spacial score (nSPS) is 14.9. The van der Waals surface area contributed by atoms with E-state index in [9.17, 15) is 5.11 Å². The Kier molecular flexibility index (Phi) is 5.16. The summed E-state index contributed by atoms with van der Waals surface area (Å²) in [6, 6.07) is 8.32. The summed E-state index contributed by atoms with van der Waals surface area (Å²) in [5.41, 5.74) is 1.54. The van der Waals surface area contributed by atoms with Gasteiger partial charge >= 0.3 is 0 Å². The van der Waals surface area contributed by atoms with Gasteiger partial charge in [-0.1, -0.05) is 52.0 Å². The number of likely N-dealkylation sites (N-methyl/N-ethyl adjacent to an activating group) is 1. The zero-order chi connectivity index (χ0) is 12.9. The van der Waals surface area contributed by atoms with Crippen molar-refractivity contribution < 1.29 is 5.11 Å². The van der Waals surface area contributed by atoms with Gasteiger partial charge in [-0.05, 0) is 30.0 Å². The number of rotatable bonds is 6. The Hall–Kier alpha value is -0.860. The average Bonchev–Trinajstić information content (AvgIpc) is 2.35. The molecule has 1 unspecified atom stereocenters. The Balaban J connectivity index is 2.96. The summed E-state index contributed by atoms with van der Waals surface area (Å²) in [4.78, 5) is 0. The Morgan fingerprint density at radius 3 is 2.18 bits per heavy atom. The quantitative estimate of drug-likeness (QED) is 0.794. The van der Waals surface area contributed by atoms with E-state index in [2.05, 4.69) is 57.3 Å². The first-order valence-corrected chi connectivity index (χ1v) is 6.57. The van der Waals surface area contributed by atoms with Gasteiger partial charge in [-0.3, -0.25) is 0 Å². The number of hydrogen-bond acceptors (Lipinski definition) is 2. The number of aryl methyl sites for hydroxylation is 1. The molecule has 0 saturated carbocycles. The minimum Gasteiger partial charge on any atom is -0.384 e. The molecular weight excluding hydrogens is 210 g/mol. The summed E-state index contributed by atoms with van der Waals surface area (Å²) in [7, 11) is 0. The van der Waals surface area contributed by atoms with E-state index in [1.54, 1.807) is 0 Å². The minimum atomic E-state index is -0.776. The lowest BCUT2D eigenvalue weighted by atomic mass is 9.83. The highest BCUT2D eigenvalue weighted by Gasteiger charge is 2.32. The van der Waals surface area contributed by atoms with E-state index in [4.69, 9.17) is 0 Å². The van der Waals surface area contributed by atoms with Gasteiger partial charge in [-0.15, -0.1) is 0 Å². The van der Waals surface area contributed by atoms with Gasteiger partial charge in [0, 0.05) is 6.54 Å². The lowest BCUT2D eigenvalue weighted by molar-refractivity contribution is -0.00876.